The van der Waals surface area contributed by atoms with Gasteiger partial charge in [0.15, 0.2) is 0 Å². The lowest BCUT2D eigenvalue weighted by atomic mass is 9.87. The van der Waals surface area contributed by atoms with Gasteiger partial charge in [0.05, 0.1) is 11.9 Å². The van der Waals surface area contributed by atoms with E-state index < -0.39 is 40.9 Å². The van der Waals surface area contributed by atoms with Crippen molar-refractivity contribution in [3.8, 4) is 0 Å². The second kappa shape index (κ2) is 6.90. The molecule has 0 aromatic rings. The van der Waals surface area contributed by atoms with Crippen molar-refractivity contribution < 1.29 is 26.7 Å². The van der Waals surface area contributed by atoms with E-state index in [0.29, 0.717) is 6.42 Å². The van der Waals surface area contributed by atoms with Gasteiger partial charge in [-0.25, -0.2) is 13.1 Å². The van der Waals surface area contributed by atoms with Crippen molar-refractivity contribution in [2.45, 2.75) is 50.8 Å². The Balaban J connectivity index is 2.26. The molecule has 2 unspecified atom stereocenters. The molecule has 0 aliphatic heterocycles. The fourth-order valence-electron chi connectivity index (χ4n) is 2.23. The maximum absolute atomic E-state index is 11.9. The standard InChI is InChI=1S/C11H20F3NO3S/c12-11(13,14)5-2-6-19(17,18)15-8-9-3-1-4-10(16)7-9/h9-10,15-16H,1-8H2. The molecule has 0 heterocycles. The summed E-state index contributed by atoms with van der Waals surface area (Å²) < 4.78 is 61.1. The van der Waals surface area contributed by atoms with Gasteiger partial charge in [0.2, 0.25) is 10.0 Å². The summed E-state index contributed by atoms with van der Waals surface area (Å²) in [5.41, 5.74) is 0. The molecule has 1 fully saturated rings. The normalized spacial score (nSPS) is 25.5. The summed E-state index contributed by atoms with van der Waals surface area (Å²) >= 11 is 0. The lowest BCUT2D eigenvalue weighted by Gasteiger charge is -2.25. The van der Waals surface area contributed by atoms with Crippen LogP contribution in [0.5, 0.6) is 0 Å². The molecule has 0 saturated heterocycles. The number of hydrogen-bond donors (Lipinski definition) is 2. The zero-order chi connectivity index (χ0) is 14.5. The van der Waals surface area contributed by atoms with E-state index in [9.17, 15) is 26.7 Å². The lowest BCUT2D eigenvalue weighted by molar-refractivity contribution is -0.134. The van der Waals surface area contributed by atoms with Crippen LogP contribution in [0, 0.1) is 5.92 Å². The minimum Gasteiger partial charge on any atom is -0.393 e. The van der Waals surface area contributed by atoms with E-state index in [0.717, 1.165) is 19.3 Å². The minimum absolute atomic E-state index is 0.0705. The molecule has 0 aromatic heterocycles. The molecule has 1 rings (SSSR count). The maximum atomic E-state index is 11.9. The third-order valence-corrected chi connectivity index (χ3v) is 4.65. The SMILES string of the molecule is O=S(=O)(CCCC(F)(F)F)NCC1CCCC(O)C1. The number of alkyl halides is 3. The molecule has 1 aliphatic carbocycles. The van der Waals surface area contributed by atoms with Gasteiger partial charge in [-0.05, 0) is 31.6 Å². The van der Waals surface area contributed by atoms with Gasteiger partial charge in [-0.2, -0.15) is 13.2 Å². The number of aliphatic hydroxyl groups is 1. The molecule has 2 N–H and O–H groups in total. The number of halogens is 3. The summed E-state index contributed by atoms with van der Waals surface area (Å²) in [6, 6.07) is 0. The molecule has 0 spiro atoms. The molecule has 0 aromatic carbocycles. The van der Waals surface area contributed by atoms with Gasteiger partial charge in [-0.1, -0.05) is 6.42 Å². The quantitative estimate of drug-likeness (QED) is 0.786. The Bertz CT molecular complexity index is 370. The smallest absolute Gasteiger partial charge is 0.389 e. The molecule has 4 nitrogen and oxygen atoms in total. The van der Waals surface area contributed by atoms with Crippen LogP contribution < -0.4 is 4.72 Å². The van der Waals surface area contributed by atoms with Crippen LogP contribution in [0.15, 0.2) is 0 Å². The molecule has 1 saturated carbocycles. The Morgan fingerprint density at radius 1 is 1.26 bits per heavy atom. The minimum atomic E-state index is -4.32. The van der Waals surface area contributed by atoms with E-state index in [1.54, 1.807) is 0 Å². The van der Waals surface area contributed by atoms with Crippen molar-refractivity contribution in [3.63, 3.8) is 0 Å². The van der Waals surface area contributed by atoms with Crippen LogP contribution in [-0.4, -0.2) is 38.1 Å². The second-order valence-corrected chi connectivity index (χ2v) is 7.00. The highest BCUT2D eigenvalue weighted by molar-refractivity contribution is 7.89. The van der Waals surface area contributed by atoms with E-state index in [4.69, 9.17) is 0 Å². The monoisotopic (exact) mass is 303 g/mol. The first-order chi connectivity index (χ1) is 8.68. The Morgan fingerprint density at radius 3 is 2.53 bits per heavy atom. The molecule has 0 radical (unpaired) electrons. The first-order valence-electron chi connectivity index (χ1n) is 6.40. The predicted octanol–water partition coefficient (Wildman–Crippen LogP) is 1.80. The highest BCUT2D eigenvalue weighted by atomic mass is 32.2. The summed E-state index contributed by atoms with van der Waals surface area (Å²) in [7, 11) is -3.65. The van der Waals surface area contributed by atoms with Gasteiger partial charge < -0.3 is 5.11 Å². The van der Waals surface area contributed by atoms with E-state index in [2.05, 4.69) is 4.72 Å². The van der Waals surface area contributed by atoms with Gasteiger partial charge in [0.1, 0.15) is 0 Å². The van der Waals surface area contributed by atoms with Crippen LogP contribution in [0.1, 0.15) is 38.5 Å². The van der Waals surface area contributed by atoms with Crippen LogP contribution in [0.3, 0.4) is 0 Å². The summed E-state index contributed by atoms with van der Waals surface area (Å²) in [4.78, 5) is 0. The van der Waals surface area contributed by atoms with Crippen LogP contribution in [0.25, 0.3) is 0 Å². The van der Waals surface area contributed by atoms with Crippen LogP contribution in [-0.2, 0) is 10.0 Å². The van der Waals surface area contributed by atoms with Crippen LogP contribution in [0.2, 0.25) is 0 Å². The average Bonchev–Trinajstić information content (AvgIpc) is 2.24. The zero-order valence-corrected chi connectivity index (χ0v) is 11.4. The third-order valence-electron chi connectivity index (χ3n) is 3.22. The van der Waals surface area contributed by atoms with Crippen molar-refractivity contribution in [1.29, 1.82) is 0 Å². The van der Waals surface area contributed by atoms with Gasteiger partial charge in [0, 0.05) is 13.0 Å². The van der Waals surface area contributed by atoms with E-state index in [-0.39, 0.29) is 12.5 Å². The maximum Gasteiger partial charge on any atom is 0.389 e. The van der Waals surface area contributed by atoms with Crippen molar-refractivity contribution in [2.24, 2.45) is 5.92 Å². The molecule has 1 aliphatic rings. The Hall–Kier alpha value is -0.340. The van der Waals surface area contributed by atoms with Gasteiger partial charge in [0.25, 0.3) is 0 Å². The number of aliphatic hydroxyl groups excluding tert-OH is 1. The molecule has 8 heteroatoms. The number of rotatable bonds is 6. The van der Waals surface area contributed by atoms with Crippen molar-refractivity contribution >= 4 is 10.0 Å². The van der Waals surface area contributed by atoms with Crippen molar-refractivity contribution in [3.05, 3.63) is 0 Å². The molecule has 0 bridgehead atoms. The largest absolute Gasteiger partial charge is 0.393 e. The molecule has 2 atom stereocenters. The summed E-state index contributed by atoms with van der Waals surface area (Å²) in [5, 5.41) is 9.44. The Morgan fingerprint density at radius 2 is 1.95 bits per heavy atom. The van der Waals surface area contributed by atoms with Crippen LogP contribution >= 0.6 is 0 Å². The Labute approximate surface area is 111 Å². The van der Waals surface area contributed by atoms with Gasteiger partial charge in [-0.15, -0.1) is 0 Å². The lowest BCUT2D eigenvalue weighted by Crippen LogP contribution is -2.34. The van der Waals surface area contributed by atoms with Crippen LogP contribution in [0.4, 0.5) is 13.2 Å². The van der Waals surface area contributed by atoms with Crippen molar-refractivity contribution in [1.82, 2.24) is 4.72 Å². The fourth-order valence-corrected chi connectivity index (χ4v) is 3.39. The molecule has 19 heavy (non-hydrogen) atoms. The van der Waals surface area contributed by atoms with E-state index in [1.807, 2.05) is 0 Å². The zero-order valence-electron chi connectivity index (χ0n) is 10.6. The summed E-state index contributed by atoms with van der Waals surface area (Å²) in [5.74, 6) is -0.442. The fraction of sp³-hybridized carbons (Fsp3) is 1.00. The van der Waals surface area contributed by atoms with Gasteiger partial charge >= 0.3 is 6.18 Å². The molecular formula is C11H20F3NO3S. The highest BCUT2D eigenvalue weighted by Crippen LogP contribution is 2.24. The first kappa shape index (κ1) is 16.7. The molecule has 114 valence electrons. The highest BCUT2D eigenvalue weighted by Gasteiger charge is 2.28. The molecular weight excluding hydrogens is 283 g/mol. The number of nitrogens with one attached hydrogen (secondary N) is 1. The van der Waals surface area contributed by atoms with E-state index >= 15 is 0 Å². The average molecular weight is 303 g/mol. The number of hydrogen-bond acceptors (Lipinski definition) is 3. The summed E-state index contributed by atoms with van der Waals surface area (Å²) in [6.45, 7) is 0.200. The van der Waals surface area contributed by atoms with E-state index in [1.165, 1.54) is 0 Å². The number of sulfonamides is 1. The van der Waals surface area contributed by atoms with Gasteiger partial charge in [-0.3, -0.25) is 0 Å². The Kier molecular flexibility index (Phi) is 6.07. The van der Waals surface area contributed by atoms with Crippen molar-refractivity contribution in [2.75, 3.05) is 12.3 Å². The third kappa shape index (κ3) is 7.74. The molecule has 0 amide bonds. The predicted molar refractivity (Wildman–Crippen MR) is 65.0 cm³/mol. The second-order valence-electron chi connectivity index (χ2n) is 5.07. The topological polar surface area (TPSA) is 66.4 Å². The summed E-state index contributed by atoms with van der Waals surface area (Å²) in [6.07, 6.45) is -3.26. The first-order valence-corrected chi connectivity index (χ1v) is 8.05.